The predicted molar refractivity (Wildman–Crippen MR) is 74.0 cm³/mol. The summed E-state index contributed by atoms with van der Waals surface area (Å²) in [6.45, 7) is 0. The lowest BCUT2D eigenvalue weighted by Gasteiger charge is -2.13. The fourth-order valence-corrected chi connectivity index (χ4v) is 2.28. The van der Waals surface area contributed by atoms with Crippen LogP contribution in [-0.4, -0.2) is 4.98 Å². The molecule has 0 radical (unpaired) electrons. The average Bonchev–Trinajstić information content (AvgIpc) is 2.35. The molecule has 0 aliphatic heterocycles. The van der Waals surface area contributed by atoms with E-state index in [4.69, 9.17) is 17.3 Å². The summed E-state index contributed by atoms with van der Waals surface area (Å²) in [5.41, 5.74) is 7.65. The van der Waals surface area contributed by atoms with Crippen LogP contribution >= 0.6 is 27.5 Å². The Morgan fingerprint density at radius 3 is 2.89 bits per heavy atom. The number of hydrogen-bond donors (Lipinski definition) is 1. The van der Waals surface area contributed by atoms with E-state index < -0.39 is 5.82 Å². The molecule has 5 heteroatoms. The van der Waals surface area contributed by atoms with Crippen LogP contribution in [0.25, 0.3) is 0 Å². The summed E-state index contributed by atoms with van der Waals surface area (Å²) in [6, 6.07) is 6.36. The van der Waals surface area contributed by atoms with Crippen molar-refractivity contribution in [1.82, 2.24) is 4.98 Å². The van der Waals surface area contributed by atoms with E-state index >= 15 is 0 Å². The third-order valence-corrected chi connectivity index (χ3v) is 3.48. The standard InChI is InChI=1S/C13H11BrClFN2/c14-10-4-9(6-18-7-10)12(17)5-8-2-1-3-11(16)13(8)15/h1-4,6-7,12H,5,17H2. The fourth-order valence-electron chi connectivity index (χ4n) is 1.69. The summed E-state index contributed by atoms with van der Waals surface area (Å²) >= 11 is 9.24. The van der Waals surface area contributed by atoms with Crippen LogP contribution in [0.1, 0.15) is 17.2 Å². The van der Waals surface area contributed by atoms with E-state index in [2.05, 4.69) is 20.9 Å². The number of nitrogens with zero attached hydrogens (tertiary/aromatic N) is 1. The quantitative estimate of drug-likeness (QED) is 0.928. The Labute approximate surface area is 118 Å². The maximum absolute atomic E-state index is 13.3. The fraction of sp³-hybridized carbons (Fsp3) is 0.154. The van der Waals surface area contributed by atoms with Gasteiger partial charge < -0.3 is 5.73 Å². The van der Waals surface area contributed by atoms with Crippen molar-refractivity contribution in [3.8, 4) is 0 Å². The first-order chi connectivity index (χ1) is 8.58. The number of nitrogens with two attached hydrogens (primary N) is 1. The van der Waals surface area contributed by atoms with Crippen LogP contribution in [-0.2, 0) is 6.42 Å². The summed E-state index contributed by atoms with van der Waals surface area (Å²) < 4.78 is 14.2. The van der Waals surface area contributed by atoms with Crippen LogP contribution in [0.15, 0.2) is 41.1 Å². The molecule has 0 aliphatic rings. The van der Waals surface area contributed by atoms with Gasteiger partial charge in [0.25, 0.3) is 0 Å². The highest BCUT2D eigenvalue weighted by Crippen LogP contribution is 2.25. The van der Waals surface area contributed by atoms with Crippen molar-refractivity contribution in [1.29, 1.82) is 0 Å². The first-order valence-corrected chi connectivity index (χ1v) is 6.54. The number of rotatable bonds is 3. The van der Waals surface area contributed by atoms with E-state index in [1.165, 1.54) is 6.07 Å². The van der Waals surface area contributed by atoms with Crippen molar-refractivity contribution in [2.45, 2.75) is 12.5 Å². The lowest BCUT2D eigenvalue weighted by molar-refractivity contribution is 0.622. The van der Waals surface area contributed by atoms with E-state index in [9.17, 15) is 4.39 Å². The smallest absolute Gasteiger partial charge is 0.142 e. The van der Waals surface area contributed by atoms with Gasteiger partial charge in [-0.25, -0.2) is 4.39 Å². The topological polar surface area (TPSA) is 38.9 Å². The van der Waals surface area contributed by atoms with E-state index in [0.29, 0.717) is 12.0 Å². The van der Waals surface area contributed by atoms with Crippen molar-refractivity contribution in [3.05, 3.63) is 63.1 Å². The van der Waals surface area contributed by atoms with Crippen LogP contribution < -0.4 is 5.73 Å². The van der Waals surface area contributed by atoms with E-state index in [1.807, 2.05) is 6.07 Å². The normalized spacial score (nSPS) is 12.4. The van der Waals surface area contributed by atoms with Crippen LogP contribution in [0.2, 0.25) is 5.02 Å². The van der Waals surface area contributed by atoms with Crippen molar-refractivity contribution >= 4 is 27.5 Å². The van der Waals surface area contributed by atoms with Gasteiger partial charge in [0, 0.05) is 22.9 Å². The third kappa shape index (κ3) is 3.07. The summed E-state index contributed by atoms with van der Waals surface area (Å²) in [5.74, 6) is -0.422. The second-order valence-corrected chi connectivity index (χ2v) is 5.25. The maximum atomic E-state index is 13.3. The molecule has 0 saturated heterocycles. The SMILES string of the molecule is NC(Cc1cccc(F)c1Cl)c1cncc(Br)c1. The highest BCUT2D eigenvalue weighted by atomic mass is 79.9. The van der Waals surface area contributed by atoms with Gasteiger partial charge in [-0.2, -0.15) is 0 Å². The average molecular weight is 330 g/mol. The molecule has 0 amide bonds. The Balaban J connectivity index is 2.21. The first-order valence-electron chi connectivity index (χ1n) is 5.37. The van der Waals surface area contributed by atoms with Crippen molar-refractivity contribution in [2.24, 2.45) is 5.73 Å². The predicted octanol–water partition coefficient (Wildman–Crippen LogP) is 3.88. The second kappa shape index (κ2) is 5.78. The van der Waals surface area contributed by atoms with Crippen LogP contribution in [0, 0.1) is 5.82 Å². The molecule has 0 bridgehead atoms. The van der Waals surface area contributed by atoms with Gasteiger partial charge in [0.15, 0.2) is 0 Å². The molecule has 0 fully saturated rings. The Hall–Kier alpha value is -0.970. The lowest BCUT2D eigenvalue weighted by Crippen LogP contribution is -2.14. The molecule has 1 aromatic carbocycles. The van der Waals surface area contributed by atoms with Gasteiger partial charge in [-0.1, -0.05) is 23.7 Å². The number of aromatic nitrogens is 1. The largest absolute Gasteiger partial charge is 0.324 e. The monoisotopic (exact) mass is 328 g/mol. The van der Waals surface area contributed by atoms with Crippen molar-refractivity contribution < 1.29 is 4.39 Å². The van der Waals surface area contributed by atoms with Crippen LogP contribution in [0.4, 0.5) is 4.39 Å². The molecule has 1 aromatic heterocycles. The minimum atomic E-state index is -0.422. The molecule has 2 aromatic rings. The highest BCUT2D eigenvalue weighted by molar-refractivity contribution is 9.10. The van der Waals surface area contributed by atoms with Gasteiger partial charge in [-0.3, -0.25) is 4.98 Å². The van der Waals surface area contributed by atoms with Gasteiger partial charge >= 0.3 is 0 Å². The zero-order chi connectivity index (χ0) is 13.1. The molecule has 1 atom stereocenters. The Bertz CT molecular complexity index is 562. The molecular formula is C13H11BrClFN2. The number of hydrogen-bond acceptors (Lipinski definition) is 2. The van der Waals surface area contributed by atoms with Crippen molar-refractivity contribution in [2.75, 3.05) is 0 Å². The minimum absolute atomic E-state index is 0.135. The first kappa shape index (κ1) is 13.5. The molecule has 18 heavy (non-hydrogen) atoms. The summed E-state index contributed by atoms with van der Waals surface area (Å²) in [5, 5.41) is 0.135. The van der Waals surface area contributed by atoms with Gasteiger partial charge in [0.05, 0.1) is 5.02 Å². The third-order valence-electron chi connectivity index (χ3n) is 2.63. The second-order valence-electron chi connectivity index (χ2n) is 3.96. The minimum Gasteiger partial charge on any atom is -0.324 e. The zero-order valence-corrected chi connectivity index (χ0v) is 11.7. The number of halogens is 3. The summed E-state index contributed by atoms with van der Waals surface area (Å²) in [6.07, 6.45) is 3.85. The summed E-state index contributed by atoms with van der Waals surface area (Å²) in [7, 11) is 0. The van der Waals surface area contributed by atoms with Gasteiger partial charge in [-0.05, 0) is 45.6 Å². The van der Waals surface area contributed by atoms with E-state index in [1.54, 1.807) is 24.5 Å². The zero-order valence-electron chi connectivity index (χ0n) is 9.41. The van der Waals surface area contributed by atoms with Crippen LogP contribution in [0.3, 0.4) is 0 Å². The Morgan fingerprint density at radius 2 is 2.17 bits per heavy atom. The molecule has 94 valence electrons. The molecule has 0 aliphatic carbocycles. The molecule has 0 saturated carbocycles. The molecule has 1 heterocycles. The number of pyridine rings is 1. The molecule has 1 unspecified atom stereocenters. The van der Waals surface area contributed by atoms with Gasteiger partial charge in [0.2, 0.25) is 0 Å². The van der Waals surface area contributed by atoms with Gasteiger partial charge in [-0.15, -0.1) is 0 Å². The number of benzene rings is 1. The molecule has 2 nitrogen and oxygen atoms in total. The lowest BCUT2D eigenvalue weighted by atomic mass is 10.0. The van der Waals surface area contributed by atoms with Gasteiger partial charge in [0.1, 0.15) is 5.82 Å². The Kier molecular flexibility index (Phi) is 4.32. The van der Waals surface area contributed by atoms with Crippen molar-refractivity contribution in [3.63, 3.8) is 0 Å². The highest BCUT2D eigenvalue weighted by Gasteiger charge is 2.12. The summed E-state index contributed by atoms with van der Waals surface area (Å²) in [4.78, 5) is 4.05. The molecule has 0 spiro atoms. The van der Waals surface area contributed by atoms with E-state index in [0.717, 1.165) is 10.0 Å². The molecule has 2 N–H and O–H groups in total. The molecule has 2 rings (SSSR count). The molecular weight excluding hydrogens is 319 g/mol. The van der Waals surface area contributed by atoms with Crippen LogP contribution in [0.5, 0.6) is 0 Å². The van der Waals surface area contributed by atoms with E-state index in [-0.39, 0.29) is 11.1 Å². The maximum Gasteiger partial charge on any atom is 0.142 e. The Morgan fingerprint density at radius 1 is 1.39 bits per heavy atom.